The van der Waals surface area contributed by atoms with Crippen molar-refractivity contribution in [3.63, 3.8) is 0 Å². The number of nitrogens with one attached hydrogen (secondary N) is 1. The highest BCUT2D eigenvalue weighted by Gasteiger charge is 2.20. The third-order valence-electron chi connectivity index (χ3n) is 5.13. The third-order valence-corrected chi connectivity index (χ3v) is 6.36. The summed E-state index contributed by atoms with van der Waals surface area (Å²) in [5.41, 5.74) is 4.13. The van der Waals surface area contributed by atoms with Crippen LogP contribution in [0, 0.1) is 0 Å². The molecule has 0 fully saturated rings. The number of amides is 1. The summed E-state index contributed by atoms with van der Waals surface area (Å²) >= 11 is 9.65. The van der Waals surface area contributed by atoms with Crippen molar-refractivity contribution in [1.29, 1.82) is 0 Å². The summed E-state index contributed by atoms with van der Waals surface area (Å²) in [6, 6.07) is 13.7. The molecule has 0 radical (unpaired) electrons. The van der Waals surface area contributed by atoms with E-state index in [1.807, 2.05) is 42.3 Å². The molecule has 0 aliphatic heterocycles. The van der Waals surface area contributed by atoms with Crippen LogP contribution >= 0.6 is 27.5 Å². The third kappa shape index (κ3) is 4.11. The van der Waals surface area contributed by atoms with E-state index in [0.717, 1.165) is 22.0 Å². The van der Waals surface area contributed by atoms with Crippen molar-refractivity contribution in [2.24, 2.45) is 0 Å². The monoisotopic (exact) mass is 482 g/mol. The first-order valence-corrected chi connectivity index (χ1v) is 10.8. The maximum atomic E-state index is 13.3. The Balaban J connectivity index is 1.59. The highest BCUT2D eigenvalue weighted by Crippen LogP contribution is 2.29. The first-order chi connectivity index (χ1) is 14.6. The number of hydrogen-bond acceptors (Lipinski definition) is 3. The van der Waals surface area contributed by atoms with Crippen LogP contribution < -0.4 is 0 Å². The number of halogens is 2. The zero-order valence-electron chi connectivity index (χ0n) is 16.4. The van der Waals surface area contributed by atoms with Gasteiger partial charge in [-0.25, -0.2) is 9.97 Å². The number of nitrogens with zero attached hydrogens (tertiary/aromatic N) is 3. The van der Waals surface area contributed by atoms with Crippen LogP contribution in [0.5, 0.6) is 0 Å². The predicted octanol–water partition coefficient (Wildman–Crippen LogP) is 5.75. The van der Waals surface area contributed by atoms with Crippen molar-refractivity contribution in [3.05, 3.63) is 81.8 Å². The molecule has 2 aromatic heterocycles. The summed E-state index contributed by atoms with van der Waals surface area (Å²) in [5, 5.41) is 1.76. The summed E-state index contributed by atoms with van der Waals surface area (Å²) in [6.07, 6.45) is 5.81. The Kier molecular flexibility index (Phi) is 6.16. The van der Waals surface area contributed by atoms with Crippen molar-refractivity contribution >= 4 is 44.3 Å². The zero-order valence-corrected chi connectivity index (χ0v) is 18.7. The van der Waals surface area contributed by atoms with E-state index in [-0.39, 0.29) is 5.91 Å². The van der Waals surface area contributed by atoms with Gasteiger partial charge in [0.15, 0.2) is 0 Å². The van der Waals surface area contributed by atoms with E-state index in [9.17, 15) is 4.79 Å². The SMILES string of the molecule is CCN(CCc1c[nH]c2ccccc12)C(=O)c1cncnc1-c1ccc(Br)c(Cl)c1. The van der Waals surface area contributed by atoms with Gasteiger partial charge in [-0.15, -0.1) is 0 Å². The highest BCUT2D eigenvalue weighted by atomic mass is 79.9. The Hall–Kier alpha value is -2.70. The molecular weight excluding hydrogens is 464 g/mol. The molecule has 4 rings (SSSR count). The van der Waals surface area contributed by atoms with E-state index < -0.39 is 0 Å². The number of hydrogen-bond donors (Lipinski definition) is 1. The molecule has 1 amide bonds. The molecule has 0 atom stereocenters. The van der Waals surface area contributed by atoms with Crippen molar-refractivity contribution in [2.45, 2.75) is 13.3 Å². The van der Waals surface area contributed by atoms with Gasteiger partial charge in [-0.1, -0.05) is 35.9 Å². The minimum absolute atomic E-state index is 0.0908. The molecule has 4 aromatic rings. The maximum absolute atomic E-state index is 13.3. The molecule has 0 aliphatic rings. The lowest BCUT2D eigenvalue weighted by Crippen LogP contribution is -2.33. The molecule has 0 saturated heterocycles. The largest absolute Gasteiger partial charge is 0.361 e. The standard InChI is InChI=1S/C23H20BrClN4O/c1-2-29(10-9-16-12-27-21-6-4-3-5-17(16)21)23(30)18-13-26-14-28-22(18)15-7-8-19(24)20(25)11-15/h3-8,11-14,27H,2,9-10H2,1H3. The summed E-state index contributed by atoms with van der Waals surface area (Å²) in [5.74, 6) is -0.0908. The summed E-state index contributed by atoms with van der Waals surface area (Å²) in [6.45, 7) is 3.18. The second kappa shape index (κ2) is 8.98. The van der Waals surface area contributed by atoms with Crippen LogP contribution in [0.4, 0.5) is 0 Å². The van der Waals surface area contributed by atoms with Gasteiger partial charge in [-0.2, -0.15) is 0 Å². The van der Waals surface area contributed by atoms with E-state index in [1.54, 1.807) is 12.3 Å². The fourth-order valence-electron chi connectivity index (χ4n) is 3.53. The molecule has 1 N–H and O–H groups in total. The van der Waals surface area contributed by atoms with Gasteiger partial charge in [-0.05, 0) is 53.0 Å². The van der Waals surface area contributed by atoms with Crippen LogP contribution in [-0.2, 0) is 6.42 Å². The minimum atomic E-state index is -0.0908. The summed E-state index contributed by atoms with van der Waals surface area (Å²) in [7, 11) is 0. The molecule has 5 nitrogen and oxygen atoms in total. The van der Waals surface area contributed by atoms with Crippen LogP contribution in [0.15, 0.2) is 65.7 Å². The van der Waals surface area contributed by atoms with Gasteiger partial charge in [0.25, 0.3) is 5.91 Å². The smallest absolute Gasteiger partial charge is 0.257 e. The summed E-state index contributed by atoms with van der Waals surface area (Å²) in [4.78, 5) is 26.9. The van der Waals surface area contributed by atoms with E-state index in [1.165, 1.54) is 17.3 Å². The van der Waals surface area contributed by atoms with E-state index in [0.29, 0.717) is 29.4 Å². The second-order valence-electron chi connectivity index (χ2n) is 6.91. The number of fused-ring (bicyclic) bond motifs is 1. The van der Waals surface area contributed by atoms with Gasteiger partial charge in [0.2, 0.25) is 0 Å². The fraction of sp³-hybridized carbons (Fsp3) is 0.174. The average molecular weight is 484 g/mol. The Morgan fingerprint density at radius 3 is 2.87 bits per heavy atom. The molecule has 0 unspecified atom stereocenters. The molecule has 2 aromatic carbocycles. The summed E-state index contributed by atoms with van der Waals surface area (Å²) < 4.78 is 0.795. The fourth-order valence-corrected chi connectivity index (χ4v) is 3.95. The zero-order chi connectivity index (χ0) is 21.1. The molecule has 152 valence electrons. The van der Waals surface area contributed by atoms with E-state index >= 15 is 0 Å². The van der Waals surface area contributed by atoms with Gasteiger partial charge < -0.3 is 9.88 Å². The number of likely N-dealkylation sites (N-methyl/N-ethyl adjacent to an activating group) is 1. The lowest BCUT2D eigenvalue weighted by atomic mass is 10.1. The second-order valence-corrected chi connectivity index (χ2v) is 8.17. The topological polar surface area (TPSA) is 61.9 Å². The Labute approximate surface area is 188 Å². The lowest BCUT2D eigenvalue weighted by molar-refractivity contribution is 0.0766. The quantitative estimate of drug-likeness (QED) is 0.380. The molecule has 0 aliphatic carbocycles. The molecule has 0 bridgehead atoms. The number of benzene rings is 2. The molecule has 0 spiro atoms. The number of rotatable bonds is 6. The Bertz CT molecular complexity index is 1210. The highest BCUT2D eigenvalue weighted by molar-refractivity contribution is 9.10. The normalized spacial score (nSPS) is 11.0. The maximum Gasteiger partial charge on any atom is 0.257 e. The first-order valence-electron chi connectivity index (χ1n) is 9.68. The van der Waals surface area contributed by atoms with Crippen molar-refractivity contribution in [3.8, 4) is 11.3 Å². The van der Waals surface area contributed by atoms with Crippen molar-refractivity contribution in [2.75, 3.05) is 13.1 Å². The average Bonchev–Trinajstić information content (AvgIpc) is 3.19. The van der Waals surface area contributed by atoms with Crippen molar-refractivity contribution < 1.29 is 4.79 Å². The van der Waals surface area contributed by atoms with Crippen LogP contribution in [0.1, 0.15) is 22.8 Å². The van der Waals surface area contributed by atoms with E-state index in [2.05, 4.69) is 43.0 Å². The van der Waals surface area contributed by atoms with Crippen LogP contribution in [0.25, 0.3) is 22.2 Å². The number of carbonyl (C=O) groups is 1. The van der Waals surface area contributed by atoms with Gasteiger partial charge in [0.05, 0.1) is 16.3 Å². The number of aromatic nitrogens is 3. The Morgan fingerprint density at radius 1 is 1.23 bits per heavy atom. The minimum Gasteiger partial charge on any atom is -0.361 e. The lowest BCUT2D eigenvalue weighted by Gasteiger charge is -2.22. The van der Waals surface area contributed by atoms with Crippen LogP contribution in [0.3, 0.4) is 0 Å². The predicted molar refractivity (Wildman–Crippen MR) is 124 cm³/mol. The number of carbonyl (C=O) groups excluding carboxylic acids is 1. The molecule has 7 heteroatoms. The molecular formula is C23H20BrClN4O. The molecule has 0 saturated carbocycles. The van der Waals surface area contributed by atoms with E-state index in [4.69, 9.17) is 11.6 Å². The van der Waals surface area contributed by atoms with Gasteiger partial charge >= 0.3 is 0 Å². The number of aromatic amines is 1. The van der Waals surface area contributed by atoms with Crippen molar-refractivity contribution in [1.82, 2.24) is 19.9 Å². The van der Waals surface area contributed by atoms with Gasteiger partial charge in [0, 0.05) is 46.4 Å². The van der Waals surface area contributed by atoms with Gasteiger partial charge in [0.1, 0.15) is 6.33 Å². The number of para-hydroxylation sites is 1. The first kappa shape index (κ1) is 20.6. The van der Waals surface area contributed by atoms with Crippen LogP contribution in [0.2, 0.25) is 5.02 Å². The van der Waals surface area contributed by atoms with Gasteiger partial charge in [-0.3, -0.25) is 4.79 Å². The molecule has 30 heavy (non-hydrogen) atoms. The number of H-pyrrole nitrogens is 1. The molecule has 2 heterocycles. The van der Waals surface area contributed by atoms with Crippen LogP contribution in [-0.4, -0.2) is 38.8 Å². The Morgan fingerprint density at radius 2 is 2.07 bits per heavy atom.